The second-order valence-corrected chi connectivity index (χ2v) is 7.72. The van der Waals surface area contributed by atoms with Crippen molar-refractivity contribution in [3.05, 3.63) is 0 Å². The Kier molecular flexibility index (Phi) is 6.60. The molecule has 8 heteroatoms. The molecule has 0 aliphatic carbocycles. The molecule has 0 atom stereocenters. The van der Waals surface area contributed by atoms with E-state index < -0.39 is 10.0 Å². The average Bonchev–Trinajstić information content (AvgIpc) is 2.41. The van der Waals surface area contributed by atoms with Crippen LogP contribution in [0.1, 0.15) is 26.7 Å². The van der Waals surface area contributed by atoms with Crippen molar-refractivity contribution in [3.63, 3.8) is 0 Å². The van der Waals surface area contributed by atoms with E-state index >= 15 is 0 Å². The Bertz CT molecular complexity index is 468. The fourth-order valence-corrected chi connectivity index (χ4v) is 2.88. The van der Waals surface area contributed by atoms with Gasteiger partial charge in [-0.15, -0.1) is 0 Å². The third-order valence-electron chi connectivity index (χ3n) is 3.33. The predicted molar refractivity (Wildman–Crippen MR) is 80.1 cm³/mol. The zero-order chi connectivity index (χ0) is 16.0. The molecule has 0 unspecified atom stereocenters. The van der Waals surface area contributed by atoms with Crippen molar-refractivity contribution in [2.75, 3.05) is 39.0 Å². The Morgan fingerprint density at radius 2 is 1.67 bits per heavy atom. The molecule has 0 aromatic heterocycles. The van der Waals surface area contributed by atoms with Gasteiger partial charge >= 0.3 is 0 Å². The van der Waals surface area contributed by atoms with E-state index in [-0.39, 0.29) is 24.7 Å². The summed E-state index contributed by atoms with van der Waals surface area (Å²) in [4.78, 5) is 25.1. The van der Waals surface area contributed by atoms with E-state index in [1.165, 1.54) is 10.6 Å². The molecule has 0 saturated carbocycles. The monoisotopic (exact) mass is 319 g/mol. The summed E-state index contributed by atoms with van der Waals surface area (Å²) >= 11 is 0. The average molecular weight is 319 g/mol. The van der Waals surface area contributed by atoms with E-state index in [4.69, 9.17) is 0 Å². The highest BCUT2D eigenvalue weighted by Crippen LogP contribution is 2.08. The number of nitrogens with zero attached hydrogens (tertiary/aromatic N) is 2. The fourth-order valence-electron chi connectivity index (χ4n) is 2.05. The Morgan fingerprint density at radius 1 is 1.10 bits per heavy atom. The van der Waals surface area contributed by atoms with Gasteiger partial charge < -0.3 is 10.2 Å². The van der Waals surface area contributed by atoms with Gasteiger partial charge in [0.1, 0.15) is 0 Å². The maximum atomic E-state index is 12.0. The number of carbonyl (C=O) groups excluding carboxylic acids is 2. The van der Waals surface area contributed by atoms with Crippen LogP contribution < -0.4 is 5.32 Å². The molecule has 1 saturated heterocycles. The Labute approximate surface area is 126 Å². The second-order valence-electron chi connectivity index (χ2n) is 5.74. The molecule has 7 nitrogen and oxygen atoms in total. The highest BCUT2D eigenvalue weighted by Gasteiger charge is 2.25. The summed E-state index contributed by atoms with van der Waals surface area (Å²) in [7, 11) is -3.19. The molecule has 2 amide bonds. The van der Waals surface area contributed by atoms with Crippen LogP contribution in [0.5, 0.6) is 0 Å². The second kappa shape index (κ2) is 7.74. The number of sulfonamides is 1. The van der Waals surface area contributed by atoms with Gasteiger partial charge in [-0.05, 0) is 5.92 Å². The minimum Gasteiger partial charge on any atom is -0.356 e. The zero-order valence-corrected chi connectivity index (χ0v) is 13.8. The molecule has 0 radical (unpaired) electrons. The molecule has 1 N–H and O–H groups in total. The highest BCUT2D eigenvalue weighted by atomic mass is 32.2. The Balaban J connectivity index is 2.30. The molecule has 1 aliphatic rings. The molecule has 1 heterocycles. The molecule has 0 bridgehead atoms. The van der Waals surface area contributed by atoms with Crippen LogP contribution in [0.4, 0.5) is 0 Å². The molecule has 1 rings (SSSR count). The van der Waals surface area contributed by atoms with Gasteiger partial charge in [-0.3, -0.25) is 9.59 Å². The molecule has 0 aromatic rings. The summed E-state index contributed by atoms with van der Waals surface area (Å²) in [6.45, 7) is 6.05. The summed E-state index contributed by atoms with van der Waals surface area (Å²) in [5.74, 6) is 0.170. The number of hydrogen-bond acceptors (Lipinski definition) is 4. The third kappa shape index (κ3) is 6.43. The lowest BCUT2D eigenvalue weighted by Crippen LogP contribution is -2.50. The lowest BCUT2D eigenvalue weighted by atomic mass is 10.2. The summed E-state index contributed by atoms with van der Waals surface area (Å²) in [5, 5.41) is 2.77. The van der Waals surface area contributed by atoms with E-state index in [1.807, 2.05) is 13.8 Å². The zero-order valence-electron chi connectivity index (χ0n) is 13.0. The van der Waals surface area contributed by atoms with Gasteiger partial charge in [0.2, 0.25) is 21.8 Å². The fraction of sp³-hybridized carbons (Fsp3) is 0.846. The molecular formula is C13H25N3O4S. The standard InChI is InChI=1S/C13H25N3O4S/c1-11(2)10-14-12(17)4-5-13(18)15-6-8-16(9-7-15)21(3,19)20/h11H,4-10H2,1-3H3,(H,14,17). The van der Waals surface area contributed by atoms with E-state index in [0.717, 1.165) is 0 Å². The van der Waals surface area contributed by atoms with Crippen molar-refractivity contribution < 1.29 is 18.0 Å². The van der Waals surface area contributed by atoms with Crippen LogP contribution in [0.2, 0.25) is 0 Å². The molecule has 122 valence electrons. The van der Waals surface area contributed by atoms with E-state index in [1.54, 1.807) is 4.90 Å². The first-order valence-electron chi connectivity index (χ1n) is 7.19. The summed E-state index contributed by atoms with van der Waals surface area (Å²) in [6.07, 6.45) is 1.52. The van der Waals surface area contributed by atoms with E-state index in [9.17, 15) is 18.0 Å². The lowest BCUT2D eigenvalue weighted by Gasteiger charge is -2.33. The number of hydrogen-bond donors (Lipinski definition) is 1. The van der Waals surface area contributed by atoms with Crippen LogP contribution in [0.15, 0.2) is 0 Å². The van der Waals surface area contributed by atoms with Crippen LogP contribution in [-0.4, -0.2) is 68.4 Å². The minimum atomic E-state index is -3.19. The van der Waals surface area contributed by atoms with Gasteiger partial charge in [0.25, 0.3) is 0 Å². The molecule has 0 aromatic carbocycles. The molecule has 21 heavy (non-hydrogen) atoms. The topological polar surface area (TPSA) is 86.8 Å². The largest absolute Gasteiger partial charge is 0.356 e. The maximum Gasteiger partial charge on any atom is 0.223 e. The maximum absolute atomic E-state index is 12.0. The van der Waals surface area contributed by atoms with E-state index in [2.05, 4.69) is 5.32 Å². The number of rotatable bonds is 6. The third-order valence-corrected chi connectivity index (χ3v) is 4.64. The SMILES string of the molecule is CC(C)CNC(=O)CCC(=O)N1CCN(S(C)(=O)=O)CC1. The van der Waals surface area contributed by atoms with Crippen LogP contribution in [0.25, 0.3) is 0 Å². The summed E-state index contributed by atoms with van der Waals surface area (Å²) in [5.41, 5.74) is 0. The van der Waals surface area contributed by atoms with Crippen LogP contribution in [0, 0.1) is 5.92 Å². The van der Waals surface area contributed by atoms with Gasteiger partial charge in [0.05, 0.1) is 6.26 Å². The number of carbonyl (C=O) groups is 2. The normalized spacial score (nSPS) is 17.0. The summed E-state index contributed by atoms with van der Waals surface area (Å²) in [6, 6.07) is 0. The van der Waals surface area contributed by atoms with Crippen LogP contribution in [-0.2, 0) is 19.6 Å². The summed E-state index contributed by atoms with van der Waals surface area (Å²) < 4.78 is 24.1. The van der Waals surface area contributed by atoms with Gasteiger partial charge in [-0.25, -0.2) is 8.42 Å². The first-order valence-corrected chi connectivity index (χ1v) is 9.04. The van der Waals surface area contributed by atoms with Crippen molar-refractivity contribution in [2.45, 2.75) is 26.7 Å². The minimum absolute atomic E-state index is 0.0946. The first-order chi connectivity index (χ1) is 9.70. The predicted octanol–water partition coefficient (Wildman–Crippen LogP) is -0.357. The Hall–Kier alpha value is -1.15. The molecular weight excluding hydrogens is 294 g/mol. The molecule has 1 fully saturated rings. The quantitative estimate of drug-likeness (QED) is 0.724. The van der Waals surface area contributed by atoms with Gasteiger partial charge in [-0.1, -0.05) is 13.8 Å². The van der Waals surface area contributed by atoms with Crippen molar-refractivity contribution in [1.29, 1.82) is 0 Å². The van der Waals surface area contributed by atoms with Gasteiger partial charge in [0.15, 0.2) is 0 Å². The lowest BCUT2D eigenvalue weighted by molar-refractivity contribution is -0.134. The molecule has 1 aliphatic heterocycles. The smallest absolute Gasteiger partial charge is 0.223 e. The van der Waals surface area contributed by atoms with Crippen molar-refractivity contribution in [2.24, 2.45) is 5.92 Å². The van der Waals surface area contributed by atoms with Crippen molar-refractivity contribution in [1.82, 2.24) is 14.5 Å². The number of nitrogens with one attached hydrogen (secondary N) is 1. The Morgan fingerprint density at radius 3 is 2.14 bits per heavy atom. The van der Waals surface area contributed by atoms with Crippen molar-refractivity contribution in [3.8, 4) is 0 Å². The first kappa shape index (κ1) is 17.9. The van der Waals surface area contributed by atoms with Crippen molar-refractivity contribution >= 4 is 21.8 Å². The van der Waals surface area contributed by atoms with Crippen LogP contribution in [0.3, 0.4) is 0 Å². The van der Waals surface area contributed by atoms with Crippen LogP contribution >= 0.6 is 0 Å². The van der Waals surface area contributed by atoms with Gasteiger partial charge in [0, 0.05) is 45.6 Å². The number of piperazine rings is 1. The van der Waals surface area contributed by atoms with Gasteiger partial charge in [-0.2, -0.15) is 4.31 Å². The number of amides is 2. The molecule has 0 spiro atoms. The highest BCUT2D eigenvalue weighted by molar-refractivity contribution is 7.88. The van der Waals surface area contributed by atoms with E-state index in [0.29, 0.717) is 38.6 Å².